The van der Waals surface area contributed by atoms with Gasteiger partial charge < -0.3 is 66.3 Å². The lowest BCUT2D eigenvalue weighted by atomic mass is 9.92. The average Bonchev–Trinajstić information content (AvgIpc) is 1.80. The molecule has 0 spiro atoms. The first kappa shape index (κ1) is 85.6. The molecule has 8 amide bonds. The van der Waals surface area contributed by atoms with Gasteiger partial charge in [0.05, 0.1) is 12.5 Å². The van der Waals surface area contributed by atoms with Crippen LogP contribution in [0.1, 0.15) is 184 Å². The van der Waals surface area contributed by atoms with E-state index in [0.717, 1.165) is 78.0 Å². The zero-order valence-electron chi connectivity index (χ0n) is 60.4. The Balaban J connectivity index is 1.17. The number of benzene rings is 2. The number of likely N-dealkylation sites (tertiary alicyclic amines) is 1. The van der Waals surface area contributed by atoms with E-state index in [1.165, 1.54) is 29.3 Å². The van der Waals surface area contributed by atoms with Gasteiger partial charge in [0.25, 0.3) is 5.91 Å². The van der Waals surface area contributed by atoms with Crippen LogP contribution in [0.5, 0.6) is 5.75 Å². The monoisotopic (exact) mass is 1500 g/mol. The van der Waals surface area contributed by atoms with E-state index in [9.17, 15) is 68.1 Å². The highest BCUT2D eigenvalue weighted by Crippen LogP contribution is 2.33. The fourth-order valence-corrected chi connectivity index (χ4v) is 14.9. The van der Waals surface area contributed by atoms with E-state index < -0.39 is 133 Å². The average molecular weight is 1500 g/mol. The molecule has 0 bridgehead atoms. The first-order valence-corrected chi connectivity index (χ1v) is 38.7. The molecule has 1 aliphatic heterocycles. The van der Waals surface area contributed by atoms with E-state index in [4.69, 9.17) is 14.2 Å². The summed E-state index contributed by atoms with van der Waals surface area (Å²) in [6, 6.07) is 7.76. The molecule has 0 radical (unpaired) electrons. The Morgan fingerprint density at radius 3 is 2.05 bits per heavy atom. The number of aliphatic carboxylic acids is 2. The number of carbonyl (C=O) groups is 12. The summed E-state index contributed by atoms with van der Waals surface area (Å²) in [4.78, 5) is 168. The number of phenols is 1. The zero-order chi connectivity index (χ0) is 75.7. The highest BCUT2D eigenvalue weighted by molar-refractivity contribution is 8.76. The summed E-state index contributed by atoms with van der Waals surface area (Å²) in [6.45, 7) is 14.1. The van der Waals surface area contributed by atoms with Crippen LogP contribution in [0.4, 0.5) is 4.79 Å². The number of nitrogens with zero attached hydrogens (tertiary/aromatic N) is 3. The van der Waals surface area contributed by atoms with Crippen LogP contribution < -0.4 is 42.8 Å². The van der Waals surface area contributed by atoms with Crippen LogP contribution in [-0.4, -0.2) is 194 Å². The fraction of sp³-hybridized carbons (Fsp3) is 0.620. The number of hydrogen-bond donors (Lipinski definition) is 11. The normalized spacial score (nSPS) is 16.9. The number of ether oxygens (including phenoxy) is 3. The van der Waals surface area contributed by atoms with Crippen LogP contribution in [-0.2, 0) is 75.0 Å². The summed E-state index contributed by atoms with van der Waals surface area (Å²) in [5.41, 5.74) is 5.74. The Labute approximate surface area is 614 Å². The van der Waals surface area contributed by atoms with Crippen molar-refractivity contribution in [3.8, 4) is 5.75 Å². The number of hydrazine groups is 1. The maximum atomic E-state index is 15.0. The molecule has 32 heteroatoms. The van der Waals surface area contributed by atoms with Gasteiger partial charge in [-0.25, -0.2) is 20.0 Å². The third-order valence-electron chi connectivity index (χ3n) is 18.0. The molecule has 103 heavy (non-hydrogen) atoms. The number of thiazole rings is 1. The van der Waals surface area contributed by atoms with Crippen LogP contribution in [0, 0.1) is 17.8 Å². The number of aromatic hydroxyl groups is 1. The van der Waals surface area contributed by atoms with Crippen molar-refractivity contribution in [1.82, 2.24) is 57.5 Å². The highest BCUT2D eigenvalue weighted by Gasteiger charge is 2.40. The molecule has 2 fully saturated rings. The van der Waals surface area contributed by atoms with Crippen molar-refractivity contribution in [1.29, 1.82) is 0 Å². The molecule has 5 rings (SSSR count). The Morgan fingerprint density at radius 2 is 1.41 bits per heavy atom. The minimum atomic E-state index is -1.54. The number of phenolic OH excluding ortho intramolecular Hbond substituents is 1. The van der Waals surface area contributed by atoms with Gasteiger partial charge in [0, 0.05) is 79.6 Å². The number of piperidine rings is 1. The Bertz CT molecular complexity index is 3270. The third-order valence-corrected chi connectivity index (χ3v) is 21.3. The summed E-state index contributed by atoms with van der Waals surface area (Å²) < 4.78 is 16.8. The molecule has 29 nitrogen and oxygen atoms in total. The van der Waals surface area contributed by atoms with Crippen molar-refractivity contribution >= 4 is 104 Å². The van der Waals surface area contributed by atoms with Gasteiger partial charge in [0.15, 0.2) is 12.8 Å². The number of carbonyl (C=O) groups excluding carboxylic acids is 10. The molecule has 2 aliphatic rings. The first-order chi connectivity index (χ1) is 49.0. The van der Waals surface area contributed by atoms with Crippen LogP contribution in [0.15, 0.2) is 60.0 Å². The minimum absolute atomic E-state index is 0.000542. The standard InChI is InChI=1S/C71H105N11O18S3/c1-10-19-61(88)99-41-82(69(94)62(43(5)11-2)78-67(93)56-24-17-18-31-81(56)9)57(42(3)4)38-58(100-46(8)83)68-77-54(39-101-68)66(92)73-50(35-48-26-28-51(84)29-27-48)34-44(6)63(89)79-80-71(97)98-32-33-102-103-40-55(70(95)96)76-64(90)52(36-47-20-13-12-14-21-47)75-65(91)53(37-60(86)87)74-59(85)30-25-45(7)72-49-22-15-16-23-49/h12-14,20-21,26-29,39,42-45,49-50,52-53,55-58,62,72,84H,10-11,15-19,22-25,30-38,40-41H2,1-9H3,(H,73,92)(H,74,85)(H,75,91)(H,76,90)(H,78,93)(H,79,89)(H,80,97)(H,86,87)(H,95,96)/t43?,44-,45+,50+,52-,53-,55-,56+,57+,58-,62-/m0/s1. The van der Waals surface area contributed by atoms with Crippen molar-refractivity contribution in [3.05, 3.63) is 81.8 Å². The summed E-state index contributed by atoms with van der Waals surface area (Å²) in [6.07, 6.45) is 5.48. The lowest BCUT2D eigenvalue weighted by Crippen LogP contribution is -2.59. The predicted octanol–water partition coefficient (Wildman–Crippen LogP) is 6.48. The van der Waals surface area contributed by atoms with Crippen LogP contribution in [0.2, 0.25) is 0 Å². The van der Waals surface area contributed by atoms with Crippen LogP contribution in [0.3, 0.4) is 0 Å². The van der Waals surface area contributed by atoms with Crippen molar-refractivity contribution in [2.75, 3.05) is 38.4 Å². The van der Waals surface area contributed by atoms with Gasteiger partial charge >= 0.3 is 30.0 Å². The van der Waals surface area contributed by atoms with E-state index in [0.29, 0.717) is 42.9 Å². The lowest BCUT2D eigenvalue weighted by molar-refractivity contribution is -0.160. The topological polar surface area (TPSA) is 409 Å². The summed E-state index contributed by atoms with van der Waals surface area (Å²) in [5.74, 6) is -10.0. The summed E-state index contributed by atoms with van der Waals surface area (Å²) >= 11 is 1.03. The van der Waals surface area contributed by atoms with Crippen LogP contribution in [0.25, 0.3) is 0 Å². The van der Waals surface area contributed by atoms with Gasteiger partial charge in [-0.1, -0.05) is 131 Å². The number of esters is 2. The van der Waals surface area contributed by atoms with Crippen molar-refractivity contribution in [2.45, 2.75) is 225 Å². The summed E-state index contributed by atoms with van der Waals surface area (Å²) in [7, 11) is 4.02. The molecular formula is C71H105N11O18S3. The smallest absolute Gasteiger partial charge is 0.426 e. The van der Waals surface area contributed by atoms with Gasteiger partial charge in [-0.2, -0.15) is 0 Å². The maximum absolute atomic E-state index is 15.0. The second-order valence-corrected chi connectivity index (χ2v) is 30.3. The Kier molecular flexibility index (Phi) is 37.0. The van der Waals surface area contributed by atoms with E-state index in [1.807, 2.05) is 53.5 Å². The molecule has 1 aliphatic carbocycles. The van der Waals surface area contributed by atoms with Crippen LogP contribution >= 0.6 is 32.9 Å². The predicted molar refractivity (Wildman–Crippen MR) is 389 cm³/mol. The fourth-order valence-electron chi connectivity index (χ4n) is 12.0. The molecule has 2 heterocycles. The third kappa shape index (κ3) is 30.3. The number of carboxylic acid groups (broad SMARTS) is 2. The molecule has 1 unspecified atom stereocenters. The molecule has 570 valence electrons. The number of amides is 8. The zero-order valence-corrected chi connectivity index (χ0v) is 62.8. The Morgan fingerprint density at radius 1 is 0.738 bits per heavy atom. The first-order valence-electron chi connectivity index (χ1n) is 35.4. The Hall–Kier alpha value is -8.07. The minimum Gasteiger partial charge on any atom is -0.508 e. The largest absolute Gasteiger partial charge is 0.508 e. The quantitative estimate of drug-likeness (QED) is 0.00721. The van der Waals surface area contributed by atoms with Gasteiger partial charge in [-0.05, 0) is 107 Å². The molecule has 11 atom stereocenters. The van der Waals surface area contributed by atoms with E-state index in [-0.39, 0.29) is 96.9 Å². The maximum Gasteiger partial charge on any atom is 0.426 e. The number of nitrogens with one attached hydrogen (secondary N) is 8. The number of likely N-dealkylation sites (N-methyl/N-ethyl adjacent to an activating group) is 1. The molecule has 1 aromatic heterocycles. The van der Waals surface area contributed by atoms with Crippen molar-refractivity contribution in [3.63, 3.8) is 0 Å². The van der Waals surface area contributed by atoms with Gasteiger partial charge in [0.2, 0.25) is 35.4 Å². The second-order valence-electron chi connectivity index (χ2n) is 26.8. The highest BCUT2D eigenvalue weighted by atomic mass is 33.1. The number of hydrogen-bond acceptors (Lipinski definition) is 22. The van der Waals surface area contributed by atoms with E-state index >= 15 is 4.79 Å². The molecule has 2 aromatic carbocycles. The van der Waals surface area contributed by atoms with Gasteiger partial charge in [-0.3, -0.25) is 58.3 Å². The number of rotatable bonds is 43. The van der Waals surface area contributed by atoms with Crippen molar-refractivity contribution in [2.24, 2.45) is 17.8 Å². The summed E-state index contributed by atoms with van der Waals surface area (Å²) in [5, 5.41) is 48.5. The number of aromatic nitrogens is 1. The van der Waals surface area contributed by atoms with E-state index in [1.54, 1.807) is 49.4 Å². The SMILES string of the molecule is CCCC(=O)OCN(C(=O)[C@@H](NC(=O)[C@H]1CCCCN1C)C(C)CC)[C@H](C[C@H](OC(C)=O)c1nc(C(=O)N[C@@H](Cc2ccc(O)cc2)C[C@H](C)C(=O)NNC(=O)OCCSSC[C@H](NC(=O)[C@H](Cc2ccccc2)NC(=O)[C@H](CC(=O)O)NC(=O)CC[C@@H](C)NC2CCCC2)C(=O)O)cs1)C(C)C. The van der Waals surface area contributed by atoms with E-state index in [2.05, 4.69) is 47.7 Å². The number of carboxylic acids is 2. The second kappa shape index (κ2) is 44.6. The lowest BCUT2D eigenvalue weighted by Gasteiger charge is -2.39. The van der Waals surface area contributed by atoms with Gasteiger partial charge in [-0.15, -0.1) is 11.3 Å². The van der Waals surface area contributed by atoms with Crippen molar-refractivity contribution < 1.29 is 87.1 Å². The molecular weight excluding hydrogens is 1390 g/mol. The molecule has 1 saturated carbocycles. The molecule has 3 aromatic rings. The molecule has 1 saturated heterocycles. The molecule has 11 N–H and O–H groups in total. The van der Waals surface area contributed by atoms with Gasteiger partial charge in [0.1, 0.15) is 47.2 Å².